The van der Waals surface area contributed by atoms with Crippen LogP contribution < -0.4 is 0 Å². The van der Waals surface area contributed by atoms with E-state index in [2.05, 4.69) is 31.0 Å². The number of hydrogen-bond donors (Lipinski definition) is 0. The molecule has 2 atom stereocenters. The molecule has 0 radical (unpaired) electrons. The van der Waals surface area contributed by atoms with Gasteiger partial charge in [0.1, 0.15) is 0 Å². The Bertz CT molecular complexity index is 330. The highest BCUT2D eigenvalue weighted by Crippen LogP contribution is 2.37. The fourth-order valence-corrected chi connectivity index (χ4v) is 3.09. The molecule has 1 aliphatic carbocycles. The molecule has 1 fully saturated rings. The molecule has 0 aromatic carbocycles. The van der Waals surface area contributed by atoms with Gasteiger partial charge >= 0.3 is 0 Å². The van der Waals surface area contributed by atoms with Crippen molar-refractivity contribution in [3.63, 3.8) is 0 Å². The van der Waals surface area contributed by atoms with Crippen molar-refractivity contribution in [3.8, 4) is 0 Å². The average Bonchev–Trinajstić information content (AvgIpc) is 2.30. The molecule has 1 aromatic heterocycles. The van der Waals surface area contributed by atoms with Crippen LogP contribution in [0.25, 0.3) is 0 Å². The molecule has 0 saturated heterocycles. The van der Waals surface area contributed by atoms with Crippen LogP contribution in [0.3, 0.4) is 0 Å². The molecule has 88 valence electrons. The molecule has 1 heterocycles. The zero-order chi connectivity index (χ0) is 11.4. The normalized spacial score (nSPS) is 25.6. The topological polar surface area (TPSA) is 12.9 Å². The maximum absolute atomic E-state index is 4.29. The van der Waals surface area contributed by atoms with Crippen LogP contribution in [0, 0.1) is 12.8 Å². The quantitative estimate of drug-likeness (QED) is 0.728. The van der Waals surface area contributed by atoms with Crippen LogP contribution in [-0.4, -0.2) is 4.98 Å². The first-order valence-corrected chi connectivity index (χ1v) is 6.72. The lowest BCUT2D eigenvalue weighted by Crippen LogP contribution is -2.14. The summed E-state index contributed by atoms with van der Waals surface area (Å²) in [5.41, 5.74) is 2.68. The first kappa shape index (κ1) is 11.6. The summed E-state index contributed by atoms with van der Waals surface area (Å²) < 4.78 is 0. The zero-order valence-electron chi connectivity index (χ0n) is 10.6. The van der Waals surface area contributed by atoms with Crippen molar-refractivity contribution < 1.29 is 0 Å². The highest BCUT2D eigenvalue weighted by atomic mass is 14.6. The molecular formula is C15H23N. The summed E-state index contributed by atoms with van der Waals surface area (Å²) in [4.78, 5) is 4.29. The van der Waals surface area contributed by atoms with E-state index in [-0.39, 0.29) is 0 Å². The van der Waals surface area contributed by atoms with Gasteiger partial charge < -0.3 is 0 Å². The van der Waals surface area contributed by atoms with E-state index in [1.807, 2.05) is 6.20 Å². The van der Waals surface area contributed by atoms with Crippen LogP contribution >= 0.6 is 0 Å². The van der Waals surface area contributed by atoms with Crippen LogP contribution in [0.5, 0.6) is 0 Å². The number of aromatic nitrogens is 1. The van der Waals surface area contributed by atoms with Crippen molar-refractivity contribution in [1.82, 2.24) is 4.98 Å². The van der Waals surface area contributed by atoms with Crippen LogP contribution in [0.1, 0.15) is 62.6 Å². The maximum atomic E-state index is 4.29. The SMILES string of the molecule is CCCC1CCCC(c2ccnc(C)c2)C1. The first-order chi connectivity index (χ1) is 7.79. The molecule has 1 aliphatic rings. The summed E-state index contributed by atoms with van der Waals surface area (Å²) in [7, 11) is 0. The number of nitrogens with zero attached hydrogens (tertiary/aromatic N) is 1. The van der Waals surface area contributed by atoms with E-state index in [9.17, 15) is 0 Å². The molecule has 0 amide bonds. The predicted octanol–water partition coefficient (Wildman–Crippen LogP) is 4.46. The monoisotopic (exact) mass is 217 g/mol. The summed E-state index contributed by atoms with van der Waals surface area (Å²) in [6, 6.07) is 4.49. The van der Waals surface area contributed by atoms with E-state index in [1.54, 1.807) is 0 Å². The van der Waals surface area contributed by atoms with E-state index in [1.165, 1.54) is 44.1 Å². The Morgan fingerprint density at radius 3 is 3.00 bits per heavy atom. The van der Waals surface area contributed by atoms with Gasteiger partial charge in [-0.2, -0.15) is 0 Å². The maximum Gasteiger partial charge on any atom is 0.0375 e. The lowest BCUT2D eigenvalue weighted by Gasteiger charge is -2.29. The van der Waals surface area contributed by atoms with E-state index >= 15 is 0 Å². The predicted molar refractivity (Wildman–Crippen MR) is 68.6 cm³/mol. The van der Waals surface area contributed by atoms with Crippen molar-refractivity contribution in [2.24, 2.45) is 5.92 Å². The molecule has 0 bridgehead atoms. The fourth-order valence-electron chi connectivity index (χ4n) is 3.09. The summed E-state index contributed by atoms with van der Waals surface area (Å²) in [5, 5.41) is 0. The van der Waals surface area contributed by atoms with Gasteiger partial charge in [0.25, 0.3) is 0 Å². The van der Waals surface area contributed by atoms with Crippen LogP contribution in [-0.2, 0) is 0 Å². The fraction of sp³-hybridized carbons (Fsp3) is 0.667. The van der Waals surface area contributed by atoms with Crippen molar-refractivity contribution in [2.75, 3.05) is 0 Å². The molecule has 2 rings (SSSR count). The molecule has 16 heavy (non-hydrogen) atoms. The Hall–Kier alpha value is -0.850. The average molecular weight is 217 g/mol. The highest BCUT2D eigenvalue weighted by molar-refractivity contribution is 5.20. The molecule has 1 heteroatoms. The summed E-state index contributed by atoms with van der Waals surface area (Å²) in [6.45, 7) is 4.40. The molecule has 0 spiro atoms. The first-order valence-electron chi connectivity index (χ1n) is 6.72. The summed E-state index contributed by atoms with van der Waals surface area (Å²) in [6.07, 6.45) is 10.4. The molecule has 2 unspecified atom stereocenters. The Balaban J connectivity index is 2.03. The molecule has 1 saturated carbocycles. The minimum Gasteiger partial charge on any atom is -0.262 e. The number of hydrogen-bond acceptors (Lipinski definition) is 1. The van der Waals surface area contributed by atoms with Gasteiger partial charge in [0.2, 0.25) is 0 Å². The number of aryl methyl sites for hydroxylation is 1. The van der Waals surface area contributed by atoms with Crippen LogP contribution in [0.4, 0.5) is 0 Å². The van der Waals surface area contributed by atoms with Crippen molar-refractivity contribution in [3.05, 3.63) is 29.6 Å². The van der Waals surface area contributed by atoms with Crippen molar-refractivity contribution in [1.29, 1.82) is 0 Å². The molecule has 1 nitrogen and oxygen atoms in total. The highest BCUT2D eigenvalue weighted by Gasteiger charge is 2.22. The molecular weight excluding hydrogens is 194 g/mol. The van der Waals surface area contributed by atoms with Gasteiger partial charge in [-0.15, -0.1) is 0 Å². The Kier molecular flexibility index (Phi) is 3.98. The van der Waals surface area contributed by atoms with Gasteiger partial charge in [0.05, 0.1) is 0 Å². The molecule has 0 aliphatic heterocycles. The minimum absolute atomic E-state index is 0.798. The Morgan fingerprint density at radius 2 is 2.25 bits per heavy atom. The second-order valence-corrected chi connectivity index (χ2v) is 5.25. The largest absolute Gasteiger partial charge is 0.262 e. The standard InChI is InChI=1S/C15H23N/c1-3-5-13-6-4-7-14(11-13)15-8-9-16-12(2)10-15/h8-10,13-14H,3-7,11H2,1-2H3. The van der Waals surface area contributed by atoms with Gasteiger partial charge in [0.15, 0.2) is 0 Å². The van der Waals surface area contributed by atoms with Crippen molar-refractivity contribution >= 4 is 0 Å². The second-order valence-electron chi connectivity index (χ2n) is 5.25. The lowest BCUT2D eigenvalue weighted by molar-refractivity contribution is 0.304. The second kappa shape index (κ2) is 5.47. The van der Waals surface area contributed by atoms with Crippen LogP contribution in [0.15, 0.2) is 18.3 Å². The minimum atomic E-state index is 0.798. The van der Waals surface area contributed by atoms with Gasteiger partial charge in [-0.05, 0) is 49.3 Å². The number of rotatable bonds is 3. The Labute approximate surface area is 99.3 Å². The van der Waals surface area contributed by atoms with Gasteiger partial charge in [-0.3, -0.25) is 4.98 Å². The van der Waals surface area contributed by atoms with E-state index < -0.39 is 0 Å². The Morgan fingerprint density at radius 1 is 1.38 bits per heavy atom. The van der Waals surface area contributed by atoms with E-state index in [0.29, 0.717) is 0 Å². The molecule has 0 N–H and O–H groups in total. The summed E-state index contributed by atoms with van der Waals surface area (Å²) >= 11 is 0. The number of pyridine rings is 1. The van der Waals surface area contributed by atoms with E-state index in [0.717, 1.165) is 17.5 Å². The third-order valence-corrected chi connectivity index (χ3v) is 3.87. The molecule has 1 aromatic rings. The van der Waals surface area contributed by atoms with Crippen LogP contribution in [0.2, 0.25) is 0 Å². The zero-order valence-corrected chi connectivity index (χ0v) is 10.6. The smallest absolute Gasteiger partial charge is 0.0375 e. The van der Waals surface area contributed by atoms with Gasteiger partial charge in [0, 0.05) is 11.9 Å². The third kappa shape index (κ3) is 2.84. The van der Waals surface area contributed by atoms with Gasteiger partial charge in [-0.1, -0.05) is 32.6 Å². The summed E-state index contributed by atoms with van der Waals surface area (Å²) in [5.74, 6) is 1.77. The van der Waals surface area contributed by atoms with E-state index in [4.69, 9.17) is 0 Å². The lowest BCUT2D eigenvalue weighted by atomic mass is 9.76. The third-order valence-electron chi connectivity index (χ3n) is 3.87. The van der Waals surface area contributed by atoms with Crippen molar-refractivity contribution in [2.45, 2.75) is 58.3 Å². The van der Waals surface area contributed by atoms with Gasteiger partial charge in [-0.25, -0.2) is 0 Å².